The quantitative estimate of drug-likeness (QED) is 0.616. The van der Waals surface area contributed by atoms with Crippen molar-refractivity contribution in [2.45, 2.75) is 27.2 Å². The van der Waals surface area contributed by atoms with E-state index in [-0.39, 0.29) is 11.6 Å². The number of piperidine rings is 1. The zero-order valence-corrected chi connectivity index (χ0v) is 12.1. The number of benzene rings is 1. The summed E-state index contributed by atoms with van der Waals surface area (Å²) in [6.45, 7) is 7.54. The fraction of sp³-hybridized carbons (Fsp3) is 0.533. The molecule has 1 aliphatic rings. The van der Waals surface area contributed by atoms with Crippen molar-refractivity contribution in [1.29, 1.82) is 0 Å². The van der Waals surface area contributed by atoms with Crippen LogP contribution in [0.2, 0.25) is 0 Å². The predicted octanol–water partition coefficient (Wildman–Crippen LogP) is 3.02. The molecule has 0 N–H and O–H groups in total. The molecule has 20 heavy (non-hydrogen) atoms. The van der Waals surface area contributed by atoms with E-state index in [1.54, 1.807) is 6.07 Å². The molecule has 1 fully saturated rings. The van der Waals surface area contributed by atoms with Crippen LogP contribution < -0.4 is 0 Å². The van der Waals surface area contributed by atoms with E-state index in [0.717, 1.165) is 25.1 Å². The molecule has 0 spiro atoms. The van der Waals surface area contributed by atoms with E-state index in [1.165, 1.54) is 12.1 Å². The van der Waals surface area contributed by atoms with E-state index >= 15 is 0 Å². The van der Waals surface area contributed by atoms with Crippen molar-refractivity contribution in [1.82, 2.24) is 4.90 Å². The number of hydrogen-bond donors (Lipinski definition) is 0. The molecule has 1 aromatic rings. The number of nitro groups is 1. The molecule has 1 heterocycles. The maximum Gasteiger partial charge on any atom is 0.270 e. The van der Waals surface area contributed by atoms with Crippen LogP contribution in [0.4, 0.5) is 5.69 Å². The van der Waals surface area contributed by atoms with Crippen molar-refractivity contribution in [2.24, 2.45) is 11.8 Å². The van der Waals surface area contributed by atoms with Crippen molar-refractivity contribution in [3.05, 3.63) is 39.4 Å². The SMILES string of the molecule is Cc1ccc([N+](=O)[O-])cc1C(=O)N1CC(C)CC(C)C1. The number of hydrogen-bond acceptors (Lipinski definition) is 3. The highest BCUT2D eigenvalue weighted by Crippen LogP contribution is 2.25. The highest BCUT2D eigenvalue weighted by atomic mass is 16.6. The van der Waals surface area contributed by atoms with Gasteiger partial charge in [-0.05, 0) is 30.7 Å². The van der Waals surface area contributed by atoms with Gasteiger partial charge in [0.05, 0.1) is 4.92 Å². The lowest BCUT2D eigenvalue weighted by molar-refractivity contribution is -0.384. The largest absolute Gasteiger partial charge is 0.338 e. The van der Waals surface area contributed by atoms with Gasteiger partial charge in [0.15, 0.2) is 0 Å². The van der Waals surface area contributed by atoms with E-state index < -0.39 is 4.92 Å². The summed E-state index contributed by atoms with van der Waals surface area (Å²) in [5, 5.41) is 10.8. The third kappa shape index (κ3) is 2.98. The number of nitrogens with zero attached hydrogens (tertiary/aromatic N) is 2. The summed E-state index contributed by atoms with van der Waals surface area (Å²) in [5.41, 5.74) is 1.20. The molecule has 108 valence electrons. The number of non-ortho nitro benzene ring substituents is 1. The van der Waals surface area contributed by atoms with Gasteiger partial charge in [0, 0.05) is 30.8 Å². The van der Waals surface area contributed by atoms with E-state index in [1.807, 2.05) is 11.8 Å². The molecular formula is C15H20N2O3. The van der Waals surface area contributed by atoms with Crippen molar-refractivity contribution in [3.63, 3.8) is 0 Å². The number of aryl methyl sites for hydroxylation is 1. The van der Waals surface area contributed by atoms with Gasteiger partial charge in [-0.3, -0.25) is 14.9 Å². The van der Waals surface area contributed by atoms with E-state index in [0.29, 0.717) is 17.4 Å². The van der Waals surface area contributed by atoms with Crippen molar-refractivity contribution in [3.8, 4) is 0 Å². The third-order valence-electron chi connectivity index (χ3n) is 3.82. The molecule has 5 heteroatoms. The van der Waals surface area contributed by atoms with Gasteiger partial charge in [-0.1, -0.05) is 19.9 Å². The first kappa shape index (κ1) is 14.5. The average Bonchev–Trinajstić information content (AvgIpc) is 2.37. The zero-order chi connectivity index (χ0) is 14.9. The molecule has 2 atom stereocenters. The molecule has 1 amide bonds. The molecule has 1 aliphatic heterocycles. The van der Waals surface area contributed by atoms with Crippen molar-refractivity contribution < 1.29 is 9.72 Å². The number of nitro benzene ring substituents is 1. The number of carbonyl (C=O) groups is 1. The van der Waals surface area contributed by atoms with Gasteiger partial charge in [-0.15, -0.1) is 0 Å². The Bertz CT molecular complexity index is 532. The van der Waals surface area contributed by atoms with E-state index in [4.69, 9.17) is 0 Å². The number of carbonyl (C=O) groups excluding carboxylic acids is 1. The van der Waals surface area contributed by atoms with Gasteiger partial charge in [-0.2, -0.15) is 0 Å². The molecule has 2 rings (SSSR count). The van der Waals surface area contributed by atoms with Crippen LogP contribution in [0.3, 0.4) is 0 Å². The standard InChI is InChI=1S/C15H20N2O3/c1-10-6-11(2)9-16(8-10)15(18)14-7-13(17(19)20)5-4-12(14)3/h4-5,7,10-11H,6,8-9H2,1-3H3. The molecule has 2 unspecified atom stereocenters. The van der Waals surface area contributed by atoms with Gasteiger partial charge in [-0.25, -0.2) is 0 Å². The second-order valence-electron chi connectivity index (χ2n) is 5.91. The Kier molecular flexibility index (Phi) is 4.06. The minimum absolute atomic E-state index is 0.0305. The van der Waals surface area contributed by atoms with Gasteiger partial charge in [0.2, 0.25) is 0 Å². The van der Waals surface area contributed by atoms with E-state index in [9.17, 15) is 14.9 Å². The maximum absolute atomic E-state index is 12.6. The summed E-state index contributed by atoms with van der Waals surface area (Å²) in [4.78, 5) is 24.8. The third-order valence-corrected chi connectivity index (χ3v) is 3.82. The number of rotatable bonds is 2. The zero-order valence-electron chi connectivity index (χ0n) is 12.1. The lowest BCUT2D eigenvalue weighted by Gasteiger charge is -2.35. The number of amides is 1. The van der Waals surface area contributed by atoms with Gasteiger partial charge < -0.3 is 4.90 Å². The first-order chi connectivity index (χ1) is 9.38. The Morgan fingerprint density at radius 2 is 1.90 bits per heavy atom. The van der Waals surface area contributed by atoms with Crippen LogP contribution in [0.15, 0.2) is 18.2 Å². The van der Waals surface area contributed by atoms with Crippen LogP contribution in [-0.4, -0.2) is 28.8 Å². The van der Waals surface area contributed by atoms with Gasteiger partial charge in [0.25, 0.3) is 11.6 Å². The Morgan fingerprint density at radius 1 is 1.30 bits per heavy atom. The summed E-state index contributed by atoms with van der Waals surface area (Å²) in [5.74, 6) is 0.855. The Labute approximate surface area is 118 Å². The minimum Gasteiger partial charge on any atom is -0.338 e. The molecule has 0 aliphatic carbocycles. The highest BCUT2D eigenvalue weighted by molar-refractivity contribution is 5.96. The smallest absolute Gasteiger partial charge is 0.270 e. The molecule has 1 saturated heterocycles. The molecule has 0 bridgehead atoms. The van der Waals surface area contributed by atoms with Gasteiger partial charge in [0.1, 0.15) is 0 Å². The fourth-order valence-electron chi connectivity index (χ4n) is 2.95. The summed E-state index contributed by atoms with van der Waals surface area (Å²) >= 11 is 0. The Balaban J connectivity index is 2.28. The molecular weight excluding hydrogens is 256 g/mol. The highest BCUT2D eigenvalue weighted by Gasteiger charge is 2.27. The first-order valence-electron chi connectivity index (χ1n) is 6.92. The van der Waals surface area contributed by atoms with Crippen molar-refractivity contribution >= 4 is 11.6 Å². The predicted molar refractivity (Wildman–Crippen MR) is 76.7 cm³/mol. The Morgan fingerprint density at radius 3 is 2.45 bits per heavy atom. The van der Waals surface area contributed by atoms with Crippen LogP contribution in [0.1, 0.15) is 36.2 Å². The summed E-state index contributed by atoms with van der Waals surface area (Å²) < 4.78 is 0. The van der Waals surface area contributed by atoms with Crippen LogP contribution in [0, 0.1) is 28.9 Å². The van der Waals surface area contributed by atoms with Gasteiger partial charge >= 0.3 is 0 Å². The second-order valence-corrected chi connectivity index (χ2v) is 5.91. The average molecular weight is 276 g/mol. The summed E-state index contributed by atoms with van der Waals surface area (Å²) in [6.07, 6.45) is 1.12. The molecule has 0 aromatic heterocycles. The van der Waals surface area contributed by atoms with Crippen LogP contribution in [0.5, 0.6) is 0 Å². The minimum atomic E-state index is -0.461. The maximum atomic E-state index is 12.6. The topological polar surface area (TPSA) is 63.5 Å². The van der Waals surface area contributed by atoms with E-state index in [2.05, 4.69) is 13.8 Å². The number of likely N-dealkylation sites (tertiary alicyclic amines) is 1. The molecule has 0 radical (unpaired) electrons. The molecule has 5 nitrogen and oxygen atoms in total. The second kappa shape index (κ2) is 5.61. The lowest BCUT2D eigenvalue weighted by Crippen LogP contribution is -2.42. The van der Waals surface area contributed by atoms with Crippen LogP contribution in [-0.2, 0) is 0 Å². The lowest BCUT2D eigenvalue weighted by atomic mass is 9.91. The summed E-state index contributed by atoms with van der Waals surface area (Å²) in [7, 11) is 0. The first-order valence-corrected chi connectivity index (χ1v) is 6.92. The normalized spacial score (nSPS) is 22.6. The Hall–Kier alpha value is -1.91. The van der Waals surface area contributed by atoms with Crippen LogP contribution >= 0.6 is 0 Å². The molecule has 1 aromatic carbocycles. The monoisotopic (exact) mass is 276 g/mol. The fourth-order valence-corrected chi connectivity index (χ4v) is 2.95. The molecule has 0 saturated carbocycles. The summed E-state index contributed by atoms with van der Waals surface area (Å²) in [6, 6.07) is 4.47. The van der Waals surface area contributed by atoms with Crippen molar-refractivity contribution in [2.75, 3.05) is 13.1 Å². The van der Waals surface area contributed by atoms with Crippen LogP contribution in [0.25, 0.3) is 0 Å².